The predicted octanol–water partition coefficient (Wildman–Crippen LogP) is 0.817. The highest BCUT2D eigenvalue weighted by atomic mass is 35.5. The molecule has 0 aliphatic carbocycles. The van der Waals surface area contributed by atoms with Crippen molar-refractivity contribution in [3.05, 3.63) is 0 Å². The first kappa shape index (κ1) is 6.83. The first-order valence-electron chi connectivity index (χ1n) is 2.71. The third kappa shape index (κ3) is 1.17. The molecule has 4 heteroatoms. The molecule has 0 aromatic carbocycles. The van der Waals surface area contributed by atoms with Crippen molar-refractivity contribution in [2.45, 2.75) is 17.9 Å². The Morgan fingerprint density at radius 1 is 1.78 bits per heavy atom. The molecule has 0 spiro atoms. The van der Waals surface area contributed by atoms with Gasteiger partial charge in [0.05, 0.1) is 0 Å². The van der Waals surface area contributed by atoms with Gasteiger partial charge in [0.25, 0.3) is 0 Å². The van der Waals surface area contributed by atoms with Gasteiger partial charge in [-0.1, -0.05) is 11.6 Å². The first-order chi connectivity index (χ1) is 4.15. The quantitative estimate of drug-likeness (QED) is 0.563. The minimum Gasteiger partial charge on any atom is -0.478 e. The monoisotopic (exact) mass is 150 g/mol. The predicted molar refractivity (Wildman–Crippen MR) is 31.4 cm³/mol. The number of halogens is 1. The van der Waals surface area contributed by atoms with Crippen LogP contribution in [0.4, 0.5) is 0 Å². The molecule has 0 radical (unpaired) electrons. The smallest absolute Gasteiger partial charge is 0.351 e. The van der Waals surface area contributed by atoms with Gasteiger partial charge >= 0.3 is 5.97 Å². The third-order valence-corrected chi connectivity index (χ3v) is 1.75. The Morgan fingerprint density at radius 2 is 2.44 bits per heavy atom. The van der Waals surface area contributed by atoms with Crippen LogP contribution in [0.25, 0.3) is 0 Å². The third-order valence-electron chi connectivity index (χ3n) is 1.29. The average molecular weight is 151 g/mol. The van der Waals surface area contributed by atoms with Gasteiger partial charge in [0.2, 0.25) is 5.06 Å². The zero-order valence-electron chi connectivity index (χ0n) is 4.76. The van der Waals surface area contributed by atoms with Crippen LogP contribution < -0.4 is 0 Å². The molecule has 0 bridgehead atoms. The van der Waals surface area contributed by atoms with Crippen LogP contribution in [0.15, 0.2) is 0 Å². The molecule has 1 unspecified atom stereocenters. The summed E-state index contributed by atoms with van der Waals surface area (Å²) in [5.74, 6) is -1.08. The van der Waals surface area contributed by atoms with Crippen LogP contribution in [-0.4, -0.2) is 22.7 Å². The van der Waals surface area contributed by atoms with Crippen LogP contribution >= 0.6 is 11.6 Å². The van der Waals surface area contributed by atoms with E-state index >= 15 is 0 Å². The fourth-order valence-corrected chi connectivity index (χ4v) is 0.985. The zero-order chi connectivity index (χ0) is 6.91. The number of hydrogen-bond acceptors (Lipinski definition) is 2. The molecular formula is C5H7ClO3. The van der Waals surface area contributed by atoms with E-state index in [-0.39, 0.29) is 0 Å². The lowest BCUT2D eigenvalue weighted by atomic mass is 10.2. The fourth-order valence-electron chi connectivity index (χ4n) is 0.774. The molecule has 1 heterocycles. The molecule has 1 N–H and O–H groups in total. The first-order valence-corrected chi connectivity index (χ1v) is 3.09. The Balaban J connectivity index is 2.61. The molecule has 1 aliphatic rings. The van der Waals surface area contributed by atoms with Crippen molar-refractivity contribution in [3.8, 4) is 0 Å². The summed E-state index contributed by atoms with van der Waals surface area (Å²) < 4.78 is 4.77. The minimum absolute atomic E-state index is 0.407. The van der Waals surface area contributed by atoms with Crippen LogP contribution in [-0.2, 0) is 9.53 Å². The molecular weight excluding hydrogens is 144 g/mol. The number of carboxylic acids is 1. The standard InChI is InChI=1S/C5H7ClO3/c6-5(4(7)8)2-1-3-9-5/h1-3H2,(H,7,8). The minimum atomic E-state index is -1.42. The summed E-state index contributed by atoms with van der Waals surface area (Å²) in [6.45, 7) is 0.454. The van der Waals surface area contributed by atoms with Gasteiger partial charge in [-0.05, 0) is 6.42 Å². The number of aliphatic carboxylic acids is 1. The maximum Gasteiger partial charge on any atom is 0.351 e. The Morgan fingerprint density at radius 3 is 2.67 bits per heavy atom. The summed E-state index contributed by atoms with van der Waals surface area (Å²) in [4.78, 5) is 10.3. The molecule has 1 saturated heterocycles. The van der Waals surface area contributed by atoms with Gasteiger partial charge in [0.1, 0.15) is 0 Å². The lowest BCUT2D eigenvalue weighted by molar-refractivity contribution is -0.151. The second kappa shape index (κ2) is 2.15. The van der Waals surface area contributed by atoms with Crippen molar-refractivity contribution in [1.29, 1.82) is 0 Å². The number of hydrogen-bond donors (Lipinski definition) is 1. The summed E-state index contributed by atoms with van der Waals surface area (Å²) in [5, 5.41) is 7.00. The molecule has 1 fully saturated rings. The number of alkyl halides is 1. The van der Waals surface area contributed by atoms with E-state index in [0.29, 0.717) is 13.0 Å². The Kier molecular flexibility index (Phi) is 1.64. The lowest BCUT2D eigenvalue weighted by Crippen LogP contribution is -2.30. The van der Waals surface area contributed by atoms with E-state index in [1.807, 2.05) is 0 Å². The van der Waals surface area contributed by atoms with Crippen LogP contribution in [0.2, 0.25) is 0 Å². The van der Waals surface area contributed by atoms with E-state index in [4.69, 9.17) is 21.4 Å². The van der Waals surface area contributed by atoms with Gasteiger partial charge in [-0.15, -0.1) is 0 Å². The molecule has 0 saturated carbocycles. The van der Waals surface area contributed by atoms with E-state index in [0.717, 1.165) is 6.42 Å². The van der Waals surface area contributed by atoms with Gasteiger partial charge in [0.15, 0.2) is 0 Å². The van der Waals surface area contributed by atoms with Crippen molar-refractivity contribution < 1.29 is 14.6 Å². The molecule has 1 rings (SSSR count). The molecule has 0 aromatic rings. The lowest BCUT2D eigenvalue weighted by Gasteiger charge is -2.12. The Bertz CT molecular complexity index is 128. The zero-order valence-corrected chi connectivity index (χ0v) is 5.52. The van der Waals surface area contributed by atoms with Crippen LogP contribution in [0.3, 0.4) is 0 Å². The second-order valence-corrected chi connectivity index (χ2v) is 2.60. The molecule has 3 nitrogen and oxygen atoms in total. The highest BCUT2D eigenvalue weighted by Gasteiger charge is 2.40. The van der Waals surface area contributed by atoms with Gasteiger partial charge in [0, 0.05) is 13.0 Å². The molecule has 1 atom stereocenters. The maximum atomic E-state index is 10.3. The second-order valence-electron chi connectivity index (χ2n) is 1.99. The Hall–Kier alpha value is -0.280. The number of carbonyl (C=O) groups is 1. The molecule has 9 heavy (non-hydrogen) atoms. The van der Waals surface area contributed by atoms with Gasteiger partial charge < -0.3 is 9.84 Å². The number of rotatable bonds is 1. The van der Waals surface area contributed by atoms with E-state index < -0.39 is 11.0 Å². The maximum absolute atomic E-state index is 10.3. The van der Waals surface area contributed by atoms with Crippen LogP contribution in [0, 0.1) is 0 Å². The summed E-state index contributed by atoms with van der Waals surface area (Å²) >= 11 is 5.48. The summed E-state index contributed by atoms with van der Waals surface area (Å²) in [6.07, 6.45) is 1.14. The Labute approximate surface area is 57.6 Å². The summed E-state index contributed by atoms with van der Waals surface area (Å²) in [7, 11) is 0. The van der Waals surface area contributed by atoms with E-state index in [9.17, 15) is 4.79 Å². The van der Waals surface area contributed by atoms with Crippen LogP contribution in [0.5, 0.6) is 0 Å². The molecule has 0 amide bonds. The van der Waals surface area contributed by atoms with Gasteiger partial charge in [-0.2, -0.15) is 0 Å². The summed E-state index contributed by atoms with van der Waals surface area (Å²) in [5.41, 5.74) is 0. The topological polar surface area (TPSA) is 46.5 Å². The van der Waals surface area contributed by atoms with Gasteiger partial charge in [-0.25, -0.2) is 4.79 Å². The SMILES string of the molecule is O=C(O)C1(Cl)CCCO1. The highest BCUT2D eigenvalue weighted by Crippen LogP contribution is 2.29. The van der Waals surface area contributed by atoms with Crippen molar-refractivity contribution >= 4 is 17.6 Å². The van der Waals surface area contributed by atoms with E-state index in [1.165, 1.54) is 0 Å². The largest absolute Gasteiger partial charge is 0.478 e. The van der Waals surface area contributed by atoms with E-state index in [2.05, 4.69) is 0 Å². The normalized spacial score (nSPS) is 34.8. The van der Waals surface area contributed by atoms with Crippen molar-refractivity contribution in [1.82, 2.24) is 0 Å². The average Bonchev–Trinajstić information content (AvgIpc) is 2.16. The fraction of sp³-hybridized carbons (Fsp3) is 0.800. The van der Waals surface area contributed by atoms with Crippen molar-refractivity contribution in [2.24, 2.45) is 0 Å². The number of ether oxygens (including phenoxy) is 1. The molecule has 0 aromatic heterocycles. The van der Waals surface area contributed by atoms with Crippen molar-refractivity contribution in [3.63, 3.8) is 0 Å². The van der Waals surface area contributed by atoms with Crippen molar-refractivity contribution in [2.75, 3.05) is 6.61 Å². The van der Waals surface area contributed by atoms with Crippen LogP contribution in [0.1, 0.15) is 12.8 Å². The molecule has 52 valence electrons. The highest BCUT2D eigenvalue weighted by molar-refractivity contribution is 6.32. The van der Waals surface area contributed by atoms with Gasteiger partial charge in [-0.3, -0.25) is 0 Å². The molecule has 1 aliphatic heterocycles. The van der Waals surface area contributed by atoms with E-state index in [1.54, 1.807) is 0 Å². The summed E-state index contributed by atoms with van der Waals surface area (Å²) in [6, 6.07) is 0. The number of carboxylic acid groups (broad SMARTS) is 1.